The summed E-state index contributed by atoms with van der Waals surface area (Å²) in [5.74, 6) is 1.51. The minimum Gasteiger partial charge on any atom is -0.478 e. The summed E-state index contributed by atoms with van der Waals surface area (Å²) in [5.41, 5.74) is 1.06. The molecule has 8 heteroatoms. The van der Waals surface area contributed by atoms with Gasteiger partial charge in [0.15, 0.2) is 5.96 Å². The summed E-state index contributed by atoms with van der Waals surface area (Å²) >= 11 is 0. The standard InChI is InChI=1S/C18H31N5O2.HI/c1-3-11-25-17-6-5-16(14-21-17)15-22-18(19-4-2)20-7-8-23-9-12-24-13-10-23;/h5-6,14H,3-4,7-13,15H2,1-2H3,(H2,19,20,22);1H. The highest BCUT2D eigenvalue weighted by atomic mass is 127. The number of rotatable bonds is 9. The van der Waals surface area contributed by atoms with Crippen molar-refractivity contribution >= 4 is 29.9 Å². The predicted octanol–water partition coefficient (Wildman–Crippen LogP) is 1.88. The van der Waals surface area contributed by atoms with Crippen molar-refractivity contribution in [2.24, 2.45) is 4.99 Å². The molecule has 0 saturated carbocycles. The second kappa shape index (κ2) is 14.0. The summed E-state index contributed by atoms with van der Waals surface area (Å²) in [4.78, 5) is 11.3. The van der Waals surface area contributed by atoms with Gasteiger partial charge in [0.05, 0.1) is 26.4 Å². The van der Waals surface area contributed by atoms with Crippen LogP contribution in [0.4, 0.5) is 0 Å². The first kappa shape index (κ1) is 22.9. The number of ether oxygens (including phenoxy) is 2. The Balaban J connectivity index is 0.00000338. The zero-order valence-electron chi connectivity index (χ0n) is 15.9. The number of hydrogen-bond donors (Lipinski definition) is 2. The van der Waals surface area contributed by atoms with Gasteiger partial charge in [-0.2, -0.15) is 0 Å². The Morgan fingerprint density at radius 3 is 2.73 bits per heavy atom. The lowest BCUT2D eigenvalue weighted by atomic mass is 10.3. The summed E-state index contributed by atoms with van der Waals surface area (Å²) in [6.07, 6.45) is 2.81. The van der Waals surface area contributed by atoms with E-state index in [0.29, 0.717) is 19.0 Å². The zero-order chi connectivity index (χ0) is 17.7. The van der Waals surface area contributed by atoms with Crippen LogP contribution in [-0.4, -0.2) is 68.4 Å². The SMILES string of the molecule is CCCOc1ccc(CN=C(NCC)NCCN2CCOCC2)cn1.I. The number of halogens is 1. The van der Waals surface area contributed by atoms with E-state index in [4.69, 9.17) is 9.47 Å². The second-order valence-electron chi connectivity index (χ2n) is 5.93. The van der Waals surface area contributed by atoms with Crippen LogP contribution in [0.15, 0.2) is 23.3 Å². The molecule has 1 aromatic rings. The van der Waals surface area contributed by atoms with Crippen molar-refractivity contribution in [2.45, 2.75) is 26.8 Å². The monoisotopic (exact) mass is 477 g/mol. The van der Waals surface area contributed by atoms with E-state index in [1.165, 1.54) is 0 Å². The molecular formula is C18H32IN5O2. The number of morpholine rings is 1. The van der Waals surface area contributed by atoms with E-state index < -0.39 is 0 Å². The Bertz CT molecular complexity index is 507. The molecule has 0 aliphatic carbocycles. The number of nitrogens with zero attached hydrogens (tertiary/aromatic N) is 3. The molecular weight excluding hydrogens is 445 g/mol. The van der Waals surface area contributed by atoms with E-state index in [1.54, 1.807) is 0 Å². The lowest BCUT2D eigenvalue weighted by Gasteiger charge is -2.26. The highest BCUT2D eigenvalue weighted by Gasteiger charge is 2.09. The predicted molar refractivity (Wildman–Crippen MR) is 116 cm³/mol. The van der Waals surface area contributed by atoms with Crippen LogP contribution < -0.4 is 15.4 Å². The topological polar surface area (TPSA) is 71.0 Å². The molecule has 148 valence electrons. The fourth-order valence-corrected chi connectivity index (χ4v) is 2.47. The quantitative estimate of drug-likeness (QED) is 0.322. The lowest BCUT2D eigenvalue weighted by Crippen LogP contribution is -2.44. The number of hydrogen-bond acceptors (Lipinski definition) is 5. The van der Waals surface area contributed by atoms with Crippen molar-refractivity contribution in [3.8, 4) is 5.88 Å². The minimum atomic E-state index is 0. The fourth-order valence-electron chi connectivity index (χ4n) is 2.47. The van der Waals surface area contributed by atoms with Crippen LogP contribution in [0.25, 0.3) is 0 Å². The molecule has 1 aliphatic rings. The molecule has 1 fully saturated rings. The molecule has 2 N–H and O–H groups in total. The van der Waals surface area contributed by atoms with Crippen LogP contribution in [0, 0.1) is 0 Å². The summed E-state index contributed by atoms with van der Waals surface area (Å²) in [5, 5.41) is 6.67. The van der Waals surface area contributed by atoms with E-state index >= 15 is 0 Å². The molecule has 0 bridgehead atoms. The first-order valence-electron chi connectivity index (χ1n) is 9.21. The molecule has 1 aliphatic heterocycles. The molecule has 1 saturated heterocycles. The van der Waals surface area contributed by atoms with Crippen molar-refractivity contribution in [2.75, 3.05) is 52.5 Å². The maximum absolute atomic E-state index is 5.50. The molecule has 26 heavy (non-hydrogen) atoms. The van der Waals surface area contributed by atoms with Gasteiger partial charge >= 0.3 is 0 Å². The lowest BCUT2D eigenvalue weighted by molar-refractivity contribution is 0.0389. The Kier molecular flexibility index (Phi) is 12.3. The van der Waals surface area contributed by atoms with Crippen molar-refractivity contribution in [3.05, 3.63) is 23.9 Å². The van der Waals surface area contributed by atoms with Gasteiger partial charge in [-0.3, -0.25) is 4.90 Å². The van der Waals surface area contributed by atoms with Gasteiger partial charge in [0, 0.05) is 45.0 Å². The average molecular weight is 477 g/mol. The van der Waals surface area contributed by atoms with Gasteiger partial charge in [0.1, 0.15) is 0 Å². The first-order valence-corrected chi connectivity index (χ1v) is 9.21. The van der Waals surface area contributed by atoms with Crippen LogP contribution in [0.2, 0.25) is 0 Å². The Morgan fingerprint density at radius 1 is 1.27 bits per heavy atom. The number of nitrogens with one attached hydrogen (secondary N) is 2. The summed E-state index contributed by atoms with van der Waals surface area (Å²) in [6, 6.07) is 3.91. The Hall–Kier alpha value is -1.13. The van der Waals surface area contributed by atoms with Crippen molar-refractivity contribution < 1.29 is 9.47 Å². The fraction of sp³-hybridized carbons (Fsp3) is 0.667. The van der Waals surface area contributed by atoms with Gasteiger partial charge in [-0.15, -0.1) is 24.0 Å². The average Bonchev–Trinajstić information content (AvgIpc) is 2.66. The smallest absolute Gasteiger partial charge is 0.213 e. The second-order valence-corrected chi connectivity index (χ2v) is 5.93. The number of pyridine rings is 1. The number of guanidine groups is 1. The third kappa shape index (κ3) is 9.00. The molecule has 0 aromatic carbocycles. The number of aliphatic imine (C=N–C) groups is 1. The molecule has 2 rings (SSSR count). The van der Waals surface area contributed by atoms with Crippen LogP contribution in [0.1, 0.15) is 25.8 Å². The van der Waals surface area contributed by atoms with Gasteiger partial charge in [-0.25, -0.2) is 9.98 Å². The van der Waals surface area contributed by atoms with Crippen molar-refractivity contribution in [1.29, 1.82) is 0 Å². The van der Waals surface area contributed by atoms with Crippen LogP contribution in [0.5, 0.6) is 5.88 Å². The van der Waals surface area contributed by atoms with Gasteiger partial charge in [-0.05, 0) is 18.9 Å². The molecule has 0 radical (unpaired) electrons. The van der Waals surface area contributed by atoms with Crippen LogP contribution in [0.3, 0.4) is 0 Å². The van der Waals surface area contributed by atoms with E-state index in [1.807, 2.05) is 18.3 Å². The molecule has 0 amide bonds. The molecule has 1 aromatic heterocycles. The minimum absolute atomic E-state index is 0. The maximum atomic E-state index is 5.50. The normalized spacial score (nSPS) is 15.2. The number of aromatic nitrogens is 1. The van der Waals surface area contributed by atoms with Crippen LogP contribution in [-0.2, 0) is 11.3 Å². The molecule has 2 heterocycles. The maximum Gasteiger partial charge on any atom is 0.213 e. The molecule has 0 spiro atoms. The zero-order valence-corrected chi connectivity index (χ0v) is 18.2. The van der Waals surface area contributed by atoms with E-state index in [-0.39, 0.29) is 24.0 Å². The first-order chi connectivity index (χ1) is 12.3. The van der Waals surface area contributed by atoms with Gasteiger partial charge < -0.3 is 20.1 Å². The summed E-state index contributed by atoms with van der Waals surface area (Å²) < 4.78 is 10.9. The van der Waals surface area contributed by atoms with E-state index in [9.17, 15) is 0 Å². The van der Waals surface area contributed by atoms with Gasteiger partial charge in [-0.1, -0.05) is 13.0 Å². The van der Waals surface area contributed by atoms with Crippen molar-refractivity contribution in [1.82, 2.24) is 20.5 Å². The molecule has 0 unspecified atom stereocenters. The van der Waals surface area contributed by atoms with E-state index in [0.717, 1.165) is 63.9 Å². The highest BCUT2D eigenvalue weighted by Crippen LogP contribution is 2.08. The summed E-state index contributed by atoms with van der Waals surface area (Å²) in [6.45, 7) is 11.8. The highest BCUT2D eigenvalue weighted by molar-refractivity contribution is 14.0. The third-order valence-electron chi connectivity index (χ3n) is 3.84. The Morgan fingerprint density at radius 2 is 2.08 bits per heavy atom. The van der Waals surface area contributed by atoms with E-state index in [2.05, 4.69) is 39.4 Å². The summed E-state index contributed by atoms with van der Waals surface area (Å²) in [7, 11) is 0. The van der Waals surface area contributed by atoms with Gasteiger partial charge in [0.2, 0.25) is 5.88 Å². The van der Waals surface area contributed by atoms with Crippen molar-refractivity contribution in [3.63, 3.8) is 0 Å². The van der Waals surface area contributed by atoms with Gasteiger partial charge in [0.25, 0.3) is 0 Å². The largest absolute Gasteiger partial charge is 0.478 e. The third-order valence-corrected chi connectivity index (χ3v) is 3.84. The molecule has 0 atom stereocenters. The van der Waals surface area contributed by atoms with Crippen LogP contribution >= 0.6 is 24.0 Å². The Labute approximate surface area is 174 Å². The molecule has 7 nitrogen and oxygen atoms in total.